The molecular weight excluding hydrogens is 298 g/mol. The Kier molecular flexibility index (Phi) is 4.62. The van der Waals surface area contributed by atoms with Crippen LogP contribution in [-0.2, 0) is 17.8 Å². The zero-order valence-electron chi connectivity index (χ0n) is 13.6. The largest absolute Gasteiger partial charge is 0.346 e. The molecule has 0 aliphatic rings. The van der Waals surface area contributed by atoms with Crippen LogP contribution in [0.2, 0.25) is 0 Å². The number of rotatable bonds is 5. The average molecular weight is 317 g/mol. The maximum atomic E-state index is 12.3. The second-order valence-corrected chi connectivity index (χ2v) is 5.70. The van der Waals surface area contributed by atoms with E-state index in [2.05, 4.69) is 16.2 Å². The van der Waals surface area contributed by atoms with Crippen LogP contribution in [0.5, 0.6) is 0 Å². The number of benzene rings is 2. The van der Waals surface area contributed by atoms with E-state index in [-0.39, 0.29) is 11.9 Å². The van der Waals surface area contributed by atoms with Crippen LogP contribution in [0.4, 0.5) is 0 Å². The van der Waals surface area contributed by atoms with Crippen LogP contribution in [-0.4, -0.2) is 15.5 Å². The summed E-state index contributed by atoms with van der Waals surface area (Å²) in [6.45, 7) is 2.35. The molecule has 0 bridgehead atoms. The van der Waals surface area contributed by atoms with Crippen molar-refractivity contribution in [2.75, 3.05) is 0 Å². The lowest BCUT2D eigenvalue weighted by molar-refractivity contribution is -0.121. The van der Waals surface area contributed by atoms with Crippen molar-refractivity contribution in [3.8, 4) is 12.3 Å². The number of carbonyl (C=O) groups is 1. The number of fused-ring (bicyclic) bond motifs is 1. The van der Waals surface area contributed by atoms with Gasteiger partial charge in [0.15, 0.2) is 0 Å². The van der Waals surface area contributed by atoms with Gasteiger partial charge in [0, 0.05) is 0 Å². The van der Waals surface area contributed by atoms with Gasteiger partial charge in [-0.25, -0.2) is 4.98 Å². The molecule has 1 atom stereocenters. The Morgan fingerprint density at radius 1 is 1.21 bits per heavy atom. The van der Waals surface area contributed by atoms with Gasteiger partial charge >= 0.3 is 0 Å². The SMILES string of the molecule is C#CCn1c(C(C)NC(=O)Cc2ccccc2)nc2ccccc21. The number of amides is 1. The number of nitrogens with zero attached hydrogens (tertiary/aromatic N) is 2. The van der Waals surface area contributed by atoms with Gasteiger partial charge in [-0.15, -0.1) is 6.42 Å². The standard InChI is InChI=1S/C20H19N3O/c1-3-13-23-18-12-8-7-11-17(18)22-20(23)15(2)21-19(24)14-16-9-5-4-6-10-16/h1,4-12,15H,13-14H2,2H3,(H,21,24). The molecular formula is C20H19N3O. The summed E-state index contributed by atoms with van der Waals surface area (Å²) < 4.78 is 1.97. The first kappa shape index (κ1) is 15.8. The second kappa shape index (κ2) is 7.01. The predicted octanol–water partition coefficient (Wildman–Crippen LogP) is 3.09. The predicted molar refractivity (Wildman–Crippen MR) is 95.3 cm³/mol. The van der Waals surface area contributed by atoms with Crippen LogP contribution in [0.1, 0.15) is 24.4 Å². The molecule has 4 heteroatoms. The minimum absolute atomic E-state index is 0.0342. The number of hydrogen-bond acceptors (Lipinski definition) is 2. The summed E-state index contributed by atoms with van der Waals surface area (Å²) >= 11 is 0. The van der Waals surface area contributed by atoms with E-state index < -0.39 is 0 Å². The molecule has 120 valence electrons. The molecule has 1 N–H and O–H groups in total. The van der Waals surface area contributed by atoms with Crippen molar-refractivity contribution in [2.45, 2.75) is 25.9 Å². The van der Waals surface area contributed by atoms with Crippen LogP contribution in [0.25, 0.3) is 11.0 Å². The number of hydrogen-bond donors (Lipinski definition) is 1. The fraction of sp³-hybridized carbons (Fsp3) is 0.200. The lowest BCUT2D eigenvalue weighted by Gasteiger charge is -2.15. The van der Waals surface area contributed by atoms with Crippen molar-refractivity contribution in [1.82, 2.24) is 14.9 Å². The molecule has 2 aromatic carbocycles. The Labute approximate surface area is 141 Å². The summed E-state index contributed by atoms with van der Waals surface area (Å²) in [5.41, 5.74) is 2.85. The highest BCUT2D eigenvalue weighted by Crippen LogP contribution is 2.20. The van der Waals surface area contributed by atoms with Gasteiger partial charge in [-0.05, 0) is 24.6 Å². The van der Waals surface area contributed by atoms with Gasteiger partial charge in [0.1, 0.15) is 5.82 Å². The van der Waals surface area contributed by atoms with E-state index >= 15 is 0 Å². The molecule has 4 nitrogen and oxygen atoms in total. The molecule has 3 rings (SSSR count). The number of para-hydroxylation sites is 2. The number of imidazole rings is 1. The zero-order valence-corrected chi connectivity index (χ0v) is 13.6. The van der Waals surface area contributed by atoms with E-state index in [1.54, 1.807) is 0 Å². The number of nitrogens with one attached hydrogen (secondary N) is 1. The Balaban J connectivity index is 1.81. The van der Waals surface area contributed by atoms with Crippen LogP contribution >= 0.6 is 0 Å². The first-order valence-corrected chi connectivity index (χ1v) is 7.91. The quantitative estimate of drug-likeness (QED) is 0.735. The molecule has 0 saturated carbocycles. The summed E-state index contributed by atoms with van der Waals surface area (Å²) in [5, 5.41) is 3.01. The number of carbonyl (C=O) groups excluding carboxylic acids is 1. The van der Waals surface area contributed by atoms with Crippen molar-refractivity contribution >= 4 is 16.9 Å². The summed E-state index contributed by atoms with van der Waals surface area (Å²) in [5.74, 6) is 3.40. The third-order valence-corrected chi connectivity index (χ3v) is 3.91. The summed E-state index contributed by atoms with van der Waals surface area (Å²) in [6, 6.07) is 17.3. The van der Waals surface area contributed by atoms with Gasteiger partial charge < -0.3 is 9.88 Å². The molecule has 0 fully saturated rings. The first-order chi connectivity index (χ1) is 11.7. The van der Waals surface area contributed by atoms with Crippen molar-refractivity contribution < 1.29 is 4.79 Å². The maximum absolute atomic E-state index is 12.3. The van der Waals surface area contributed by atoms with E-state index in [4.69, 9.17) is 6.42 Å². The molecule has 24 heavy (non-hydrogen) atoms. The Bertz CT molecular complexity index is 890. The van der Waals surface area contributed by atoms with Crippen LogP contribution in [0.15, 0.2) is 54.6 Å². The van der Waals surface area contributed by atoms with Crippen molar-refractivity contribution in [3.05, 3.63) is 66.0 Å². The van der Waals surface area contributed by atoms with Gasteiger partial charge in [0.25, 0.3) is 0 Å². The fourth-order valence-electron chi connectivity index (χ4n) is 2.82. The Morgan fingerprint density at radius 3 is 2.67 bits per heavy atom. The normalized spacial score (nSPS) is 11.8. The lowest BCUT2D eigenvalue weighted by atomic mass is 10.1. The maximum Gasteiger partial charge on any atom is 0.224 e. The highest BCUT2D eigenvalue weighted by atomic mass is 16.1. The molecule has 0 spiro atoms. The van der Waals surface area contributed by atoms with Crippen LogP contribution in [0, 0.1) is 12.3 Å². The number of aromatic nitrogens is 2. The second-order valence-electron chi connectivity index (χ2n) is 5.70. The summed E-state index contributed by atoms with van der Waals surface area (Å²) in [7, 11) is 0. The monoisotopic (exact) mass is 317 g/mol. The third-order valence-electron chi connectivity index (χ3n) is 3.91. The molecule has 0 aliphatic heterocycles. The van der Waals surface area contributed by atoms with E-state index in [1.165, 1.54) is 0 Å². The highest BCUT2D eigenvalue weighted by molar-refractivity contribution is 5.79. The molecule has 0 radical (unpaired) electrons. The minimum Gasteiger partial charge on any atom is -0.346 e. The molecule has 1 amide bonds. The van der Waals surface area contributed by atoms with Crippen LogP contribution in [0.3, 0.4) is 0 Å². The van der Waals surface area contributed by atoms with Crippen molar-refractivity contribution in [2.24, 2.45) is 0 Å². The van der Waals surface area contributed by atoms with Gasteiger partial charge in [-0.3, -0.25) is 4.79 Å². The molecule has 0 aliphatic carbocycles. The minimum atomic E-state index is -0.220. The smallest absolute Gasteiger partial charge is 0.224 e. The van der Waals surface area contributed by atoms with E-state index in [0.29, 0.717) is 13.0 Å². The topological polar surface area (TPSA) is 46.9 Å². The molecule has 1 unspecified atom stereocenters. The highest BCUT2D eigenvalue weighted by Gasteiger charge is 2.18. The Hall–Kier alpha value is -3.06. The zero-order chi connectivity index (χ0) is 16.9. The van der Waals surface area contributed by atoms with E-state index in [1.807, 2.05) is 66.1 Å². The number of terminal acetylenes is 1. The van der Waals surface area contributed by atoms with Crippen molar-refractivity contribution in [1.29, 1.82) is 0 Å². The average Bonchev–Trinajstić information content (AvgIpc) is 2.95. The van der Waals surface area contributed by atoms with Crippen LogP contribution < -0.4 is 5.32 Å². The third kappa shape index (κ3) is 3.31. The van der Waals surface area contributed by atoms with E-state index in [0.717, 1.165) is 22.4 Å². The van der Waals surface area contributed by atoms with Gasteiger partial charge in [-0.2, -0.15) is 0 Å². The van der Waals surface area contributed by atoms with Gasteiger partial charge in [0.05, 0.1) is 30.0 Å². The summed E-state index contributed by atoms with van der Waals surface area (Å²) in [6.07, 6.45) is 5.85. The van der Waals surface area contributed by atoms with Gasteiger partial charge in [-0.1, -0.05) is 48.4 Å². The van der Waals surface area contributed by atoms with Crippen molar-refractivity contribution in [3.63, 3.8) is 0 Å². The lowest BCUT2D eigenvalue weighted by Crippen LogP contribution is -2.30. The Morgan fingerprint density at radius 2 is 1.92 bits per heavy atom. The molecule has 1 aromatic heterocycles. The molecule has 1 heterocycles. The summed E-state index contributed by atoms with van der Waals surface area (Å²) in [4.78, 5) is 16.9. The first-order valence-electron chi connectivity index (χ1n) is 7.91. The fourth-order valence-corrected chi connectivity index (χ4v) is 2.82. The van der Waals surface area contributed by atoms with E-state index in [9.17, 15) is 4.79 Å². The molecule has 0 saturated heterocycles. The van der Waals surface area contributed by atoms with Gasteiger partial charge in [0.2, 0.25) is 5.91 Å². The molecule has 3 aromatic rings.